The highest BCUT2D eigenvalue weighted by atomic mass is 35.5. The Hall–Kier alpha value is -1.63. The first-order valence-electron chi connectivity index (χ1n) is 7.22. The van der Waals surface area contributed by atoms with Gasteiger partial charge in [-0.3, -0.25) is 9.59 Å². The third-order valence-electron chi connectivity index (χ3n) is 4.25. The van der Waals surface area contributed by atoms with E-state index in [1.807, 2.05) is 30.3 Å². The van der Waals surface area contributed by atoms with Gasteiger partial charge in [-0.1, -0.05) is 30.3 Å². The molecular weight excluding hydrogens is 306 g/mol. The van der Waals surface area contributed by atoms with Crippen LogP contribution >= 0.6 is 12.4 Å². The van der Waals surface area contributed by atoms with Gasteiger partial charge in [0.1, 0.15) is 6.04 Å². The second-order valence-electron chi connectivity index (χ2n) is 5.65. The maximum absolute atomic E-state index is 12.4. The number of carbonyl (C=O) groups excluding carboxylic acids is 1. The highest BCUT2D eigenvalue weighted by Crippen LogP contribution is 2.24. The molecule has 0 aromatic heterocycles. The van der Waals surface area contributed by atoms with Gasteiger partial charge in [0.2, 0.25) is 5.91 Å². The number of amides is 1. The van der Waals surface area contributed by atoms with E-state index < -0.39 is 11.9 Å². The Morgan fingerprint density at radius 1 is 1.18 bits per heavy atom. The average Bonchev–Trinajstić information content (AvgIpc) is 3.17. The number of aliphatic carboxylic acids is 1. The topological polar surface area (TPSA) is 81.7 Å². The molecule has 2 aliphatic heterocycles. The lowest BCUT2D eigenvalue weighted by Gasteiger charge is -2.19. The number of hydrazine groups is 1. The molecule has 2 saturated heterocycles. The summed E-state index contributed by atoms with van der Waals surface area (Å²) >= 11 is 0. The van der Waals surface area contributed by atoms with E-state index in [4.69, 9.17) is 5.11 Å². The molecule has 1 amide bonds. The van der Waals surface area contributed by atoms with Crippen molar-refractivity contribution in [2.75, 3.05) is 13.1 Å². The number of rotatable bonds is 3. The van der Waals surface area contributed by atoms with E-state index in [-0.39, 0.29) is 30.4 Å². The summed E-state index contributed by atoms with van der Waals surface area (Å²) in [5, 5.41) is 9.00. The van der Waals surface area contributed by atoms with E-state index in [0.717, 1.165) is 5.56 Å². The predicted octanol–water partition coefficient (Wildman–Crippen LogP) is 0.949. The Morgan fingerprint density at radius 3 is 2.55 bits per heavy atom. The number of nitrogens with zero attached hydrogens (tertiary/aromatic N) is 1. The van der Waals surface area contributed by atoms with Crippen LogP contribution in [0.2, 0.25) is 0 Å². The minimum atomic E-state index is -0.815. The van der Waals surface area contributed by atoms with Crippen LogP contribution < -0.4 is 10.9 Å². The van der Waals surface area contributed by atoms with Crippen LogP contribution in [-0.2, 0) is 9.59 Å². The lowest BCUT2D eigenvalue weighted by atomic mass is 10.0. The van der Waals surface area contributed by atoms with Crippen molar-refractivity contribution in [1.29, 1.82) is 0 Å². The summed E-state index contributed by atoms with van der Waals surface area (Å²) in [6.45, 7) is 0.854. The molecule has 3 rings (SSSR count). The van der Waals surface area contributed by atoms with E-state index >= 15 is 0 Å². The van der Waals surface area contributed by atoms with Crippen LogP contribution in [0.15, 0.2) is 30.3 Å². The Bertz CT molecular complexity index is 540. The summed E-state index contributed by atoms with van der Waals surface area (Å²) < 4.78 is 0. The van der Waals surface area contributed by atoms with Crippen LogP contribution in [0.5, 0.6) is 0 Å². The van der Waals surface area contributed by atoms with Crippen LogP contribution in [0.4, 0.5) is 0 Å². The molecule has 22 heavy (non-hydrogen) atoms. The zero-order valence-corrected chi connectivity index (χ0v) is 12.9. The van der Waals surface area contributed by atoms with Crippen molar-refractivity contribution in [3.63, 3.8) is 0 Å². The normalized spacial score (nSPS) is 27.5. The second kappa shape index (κ2) is 7.09. The Balaban J connectivity index is 0.00000176. The maximum atomic E-state index is 12.4. The van der Waals surface area contributed by atoms with E-state index in [1.54, 1.807) is 4.90 Å². The summed E-state index contributed by atoms with van der Waals surface area (Å²) in [6, 6.07) is 9.80. The second-order valence-corrected chi connectivity index (χ2v) is 5.65. The minimum Gasteiger partial charge on any atom is -0.481 e. The lowest BCUT2D eigenvalue weighted by Crippen LogP contribution is -2.45. The van der Waals surface area contributed by atoms with E-state index in [1.165, 1.54) is 0 Å². The van der Waals surface area contributed by atoms with Crippen LogP contribution in [0.3, 0.4) is 0 Å². The van der Waals surface area contributed by atoms with Gasteiger partial charge in [-0.2, -0.15) is 0 Å². The molecule has 2 heterocycles. The molecule has 0 aliphatic carbocycles. The molecule has 1 aromatic rings. The number of hydrogen-bond donors (Lipinski definition) is 3. The standard InChI is InChI=1S/C15H19N3O3.ClH/c19-14(18-7-6-11(9-18)15(20)21)13-8-12(16-17-13)10-4-2-1-3-5-10;/h1-5,11-13,16-17H,6-9H2,(H,20,21);1H. The van der Waals surface area contributed by atoms with Crippen molar-refractivity contribution < 1.29 is 14.7 Å². The number of carbonyl (C=O) groups is 2. The molecular formula is C15H20ClN3O3. The molecule has 6 nitrogen and oxygen atoms in total. The largest absolute Gasteiger partial charge is 0.481 e. The van der Waals surface area contributed by atoms with Crippen LogP contribution in [-0.4, -0.2) is 41.0 Å². The minimum absolute atomic E-state index is 0. The van der Waals surface area contributed by atoms with Gasteiger partial charge in [0.15, 0.2) is 0 Å². The van der Waals surface area contributed by atoms with Gasteiger partial charge in [0, 0.05) is 19.1 Å². The van der Waals surface area contributed by atoms with Crippen LogP contribution in [0.25, 0.3) is 0 Å². The van der Waals surface area contributed by atoms with Gasteiger partial charge < -0.3 is 10.0 Å². The Kier molecular flexibility index (Phi) is 5.39. The fourth-order valence-corrected chi connectivity index (χ4v) is 3.00. The first kappa shape index (κ1) is 16.7. The van der Waals surface area contributed by atoms with Gasteiger partial charge in [-0.15, -0.1) is 12.4 Å². The third-order valence-corrected chi connectivity index (χ3v) is 4.25. The number of likely N-dealkylation sites (tertiary alicyclic amines) is 1. The molecule has 3 N–H and O–H groups in total. The number of halogens is 1. The fourth-order valence-electron chi connectivity index (χ4n) is 3.00. The molecule has 1 aromatic carbocycles. The Morgan fingerprint density at radius 2 is 1.91 bits per heavy atom. The number of carboxylic acids is 1. The lowest BCUT2D eigenvalue weighted by molar-refractivity contribution is -0.141. The number of nitrogens with one attached hydrogen (secondary N) is 2. The van der Waals surface area contributed by atoms with Crippen molar-refractivity contribution in [2.24, 2.45) is 5.92 Å². The SMILES string of the molecule is Cl.O=C(O)C1CCN(C(=O)C2CC(c3ccccc3)NN2)C1. The quantitative estimate of drug-likeness (QED) is 0.771. The fraction of sp³-hybridized carbons (Fsp3) is 0.467. The summed E-state index contributed by atoms with van der Waals surface area (Å²) in [5.41, 5.74) is 7.33. The number of benzene rings is 1. The molecule has 0 spiro atoms. The summed E-state index contributed by atoms with van der Waals surface area (Å²) in [7, 11) is 0. The first-order valence-corrected chi connectivity index (χ1v) is 7.22. The highest BCUT2D eigenvalue weighted by Gasteiger charge is 2.37. The first-order chi connectivity index (χ1) is 10.1. The zero-order chi connectivity index (χ0) is 14.8. The van der Waals surface area contributed by atoms with Crippen LogP contribution in [0, 0.1) is 5.92 Å². The smallest absolute Gasteiger partial charge is 0.308 e. The van der Waals surface area contributed by atoms with Crippen molar-refractivity contribution in [3.05, 3.63) is 35.9 Å². The van der Waals surface area contributed by atoms with E-state index in [2.05, 4.69) is 10.9 Å². The molecule has 3 atom stereocenters. The maximum Gasteiger partial charge on any atom is 0.308 e. The van der Waals surface area contributed by atoms with Gasteiger partial charge in [-0.25, -0.2) is 10.9 Å². The summed E-state index contributed by atoms with van der Waals surface area (Å²) in [4.78, 5) is 25.0. The number of hydrogen-bond acceptors (Lipinski definition) is 4. The van der Waals surface area contributed by atoms with E-state index in [9.17, 15) is 9.59 Å². The predicted molar refractivity (Wildman–Crippen MR) is 83.4 cm³/mol. The zero-order valence-electron chi connectivity index (χ0n) is 12.1. The molecule has 2 aliphatic rings. The average molecular weight is 326 g/mol. The van der Waals surface area contributed by atoms with Gasteiger partial charge in [-0.05, 0) is 18.4 Å². The van der Waals surface area contributed by atoms with Crippen molar-refractivity contribution in [3.8, 4) is 0 Å². The monoisotopic (exact) mass is 325 g/mol. The molecule has 7 heteroatoms. The van der Waals surface area contributed by atoms with Gasteiger partial charge in [0.05, 0.1) is 5.92 Å². The van der Waals surface area contributed by atoms with Crippen molar-refractivity contribution in [2.45, 2.75) is 24.9 Å². The van der Waals surface area contributed by atoms with Crippen LogP contribution in [0.1, 0.15) is 24.4 Å². The summed E-state index contributed by atoms with van der Waals surface area (Å²) in [5.74, 6) is -1.25. The third kappa shape index (κ3) is 3.40. The van der Waals surface area contributed by atoms with E-state index in [0.29, 0.717) is 25.9 Å². The molecule has 120 valence electrons. The highest BCUT2D eigenvalue weighted by molar-refractivity contribution is 5.85. The van der Waals surface area contributed by atoms with Gasteiger partial charge in [0.25, 0.3) is 0 Å². The number of carboxylic acid groups (broad SMARTS) is 1. The molecule has 3 unspecified atom stereocenters. The molecule has 0 saturated carbocycles. The Labute approximate surface area is 135 Å². The van der Waals surface area contributed by atoms with Gasteiger partial charge >= 0.3 is 5.97 Å². The molecule has 0 bridgehead atoms. The van der Waals surface area contributed by atoms with Crippen molar-refractivity contribution in [1.82, 2.24) is 15.8 Å². The molecule has 2 fully saturated rings. The van der Waals surface area contributed by atoms with Crippen molar-refractivity contribution >= 4 is 24.3 Å². The summed E-state index contributed by atoms with van der Waals surface area (Å²) in [6.07, 6.45) is 1.22. The molecule has 0 radical (unpaired) electrons.